The van der Waals surface area contributed by atoms with Crippen molar-refractivity contribution in [2.75, 3.05) is 26.2 Å². The Morgan fingerprint density at radius 1 is 0.880 bits per heavy atom. The number of nitrogens with zero attached hydrogens (tertiary/aromatic N) is 2. The number of carbonyl (C=O) groups is 2. The van der Waals surface area contributed by atoms with E-state index in [1.807, 2.05) is 35.3 Å². The smallest absolute Gasteiger partial charge is 0.265 e. The Hall–Kier alpha value is -2.86. The lowest BCUT2D eigenvalue weighted by molar-refractivity contribution is -0.130. The zero-order chi connectivity index (χ0) is 17.6. The highest BCUT2D eigenvalue weighted by atomic mass is 16.5. The molecule has 1 fully saturated rings. The molecule has 1 aliphatic rings. The van der Waals surface area contributed by atoms with Crippen molar-refractivity contribution in [2.24, 2.45) is 0 Å². The van der Waals surface area contributed by atoms with Crippen LogP contribution in [-0.2, 0) is 4.79 Å². The van der Waals surface area contributed by atoms with E-state index in [0.29, 0.717) is 37.5 Å². The molecule has 0 spiro atoms. The summed E-state index contributed by atoms with van der Waals surface area (Å²) in [4.78, 5) is 25.4. The molecule has 2 aromatic rings. The Morgan fingerprint density at radius 2 is 1.48 bits per heavy atom. The van der Waals surface area contributed by atoms with Gasteiger partial charge in [0.25, 0.3) is 5.91 Å². The molecular weight excluding hydrogens is 318 g/mol. The summed E-state index contributed by atoms with van der Waals surface area (Å²) in [5, 5.41) is 1.84. The highest BCUT2D eigenvalue weighted by molar-refractivity contribution is 5.93. The fourth-order valence-corrected chi connectivity index (χ4v) is 2.64. The summed E-state index contributed by atoms with van der Waals surface area (Å²) in [5.41, 5.74) is 3.44. The van der Waals surface area contributed by atoms with Gasteiger partial charge in [0, 0.05) is 38.7 Å². The number of piperazine rings is 1. The van der Waals surface area contributed by atoms with Gasteiger partial charge in [-0.05, 0) is 36.4 Å². The van der Waals surface area contributed by atoms with Gasteiger partial charge in [-0.2, -0.15) is 0 Å². The predicted molar refractivity (Wildman–Crippen MR) is 94.3 cm³/mol. The third kappa shape index (κ3) is 4.58. The highest BCUT2D eigenvalue weighted by Crippen LogP contribution is 2.21. The monoisotopic (exact) mass is 339 g/mol. The van der Waals surface area contributed by atoms with Gasteiger partial charge in [-0.15, -0.1) is 0 Å². The van der Waals surface area contributed by atoms with Crippen molar-refractivity contribution in [1.29, 1.82) is 0 Å². The van der Waals surface area contributed by atoms with Gasteiger partial charge in [-0.25, -0.2) is 5.01 Å². The van der Waals surface area contributed by atoms with E-state index in [0.717, 1.165) is 5.75 Å². The standard InChI is InChI=1S/C19H21N3O3/c1-15(23)21-11-13-22(14-12-21)20-19(24)16-7-9-18(10-8-16)25-17-5-3-2-4-6-17/h2-10H,11-14H2,1H3,(H,20,24). The molecule has 0 aromatic heterocycles. The highest BCUT2D eigenvalue weighted by Gasteiger charge is 2.20. The van der Waals surface area contributed by atoms with Crippen LogP contribution in [0.3, 0.4) is 0 Å². The minimum Gasteiger partial charge on any atom is -0.457 e. The zero-order valence-corrected chi connectivity index (χ0v) is 14.1. The molecule has 0 bridgehead atoms. The summed E-state index contributed by atoms with van der Waals surface area (Å²) in [6.45, 7) is 4.06. The first-order chi connectivity index (χ1) is 12.1. The first-order valence-corrected chi connectivity index (χ1v) is 8.26. The van der Waals surface area contributed by atoms with E-state index >= 15 is 0 Å². The summed E-state index contributed by atoms with van der Waals surface area (Å²) < 4.78 is 5.72. The largest absolute Gasteiger partial charge is 0.457 e. The van der Waals surface area contributed by atoms with Gasteiger partial charge in [0.05, 0.1) is 0 Å². The second-order valence-electron chi connectivity index (χ2n) is 5.87. The van der Waals surface area contributed by atoms with Gasteiger partial charge in [0.2, 0.25) is 5.91 Å². The van der Waals surface area contributed by atoms with Crippen LogP contribution in [0.25, 0.3) is 0 Å². The second kappa shape index (κ2) is 7.81. The molecule has 0 aliphatic carbocycles. The average molecular weight is 339 g/mol. The number of amides is 2. The van der Waals surface area contributed by atoms with Crippen LogP contribution in [0.2, 0.25) is 0 Å². The minimum atomic E-state index is -0.164. The maximum absolute atomic E-state index is 12.3. The number of benzene rings is 2. The lowest BCUT2D eigenvalue weighted by Gasteiger charge is -2.34. The van der Waals surface area contributed by atoms with Gasteiger partial charge in [-0.3, -0.25) is 15.0 Å². The molecule has 0 radical (unpaired) electrons. The minimum absolute atomic E-state index is 0.0694. The first-order valence-electron chi connectivity index (χ1n) is 8.26. The van der Waals surface area contributed by atoms with Crippen LogP contribution < -0.4 is 10.2 Å². The molecule has 1 aliphatic heterocycles. The quantitative estimate of drug-likeness (QED) is 0.928. The third-order valence-corrected chi connectivity index (χ3v) is 4.08. The number of rotatable bonds is 4. The van der Waals surface area contributed by atoms with Gasteiger partial charge >= 0.3 is 0 Å². The molecule has 25 heavy (non-hydrogen) atoms. The van der Waals surface area contributed by atoms with E-state index in [1.165, 1.54) is 0 Å². The van der Waals surface area contributed by atoms with Gasteiger partial charge in [0.1, 0.15) is 11.5 Å². The molecule has 0 unspecified atom stereocenters. The number of hydrogen-bond donors (Lipinski definition) is 1. The SMILES string of the molecule is CC(=O)N1CCN(NC(=O)c2ccc(Oc3ccccc3)cc2)CC1. The summed E-state index contributed by atoms with van der Waals surface area (Å²) in [5.74, 6) is 1.34. The molecule has 1 heterocycles. The zero-order valence-electron chi connectivity index (χ0n) is 14.1. The van der Waals surface area contributed by atoms with Crippen molar-refractivity contribution in [2.45, 2.75) is 6.92 Å². The maximum Gasteiger partial charge on any atom is 0.265 e. The van der Waals surface area contributed by atoms with E-state index in [9.17, 15) is 9.59 Å². The molecular formula is C19H21N3O3. The lowest BCUT2D eigenvalue weighted by Crippen LogP contribution is -2.54. The van der Waals surface area contributed by atoms with E-state index in [1.54, 1.807) is 36.1 Å². The van der Waals surface area contributed by atoms with Crippen LogP contribution in [0.5, 0.6) is 11.5 Å². The van der Waals surface area contributed by atoms with Crippen LogP contribution in [0.15, 0.2) is 54.6 Å². The molecule has 2 amide bonds. The van der Waals surface area contributed by atoms with Gasteiger partial charge in [-0.1, -0.05) is 18.2 Å². The number of ether oxygens (including phenoxy) is 1. The number of carbonyl (C=O) groups excluding carboxylic acids is 2. The molecule has 1 saturated heterocycles. The molecule has 6 nitrogen and oxygen atoms in total. The van der Waals surface area contributed by atoms with Crippen molar-refractivity contribution < 1.29 is 14.3 Å². The third-order valence-electron chi connectivity index (χ3n) is 4.08. The Morgan fingerprint density at radius 3 is 2.08 bits per heavy atom. The van der Waals surface area contributed by atoms with E-state index in [4.69, 9.17) is 4.74 Å². The Balaban J connectivity index is 1.53. The number of hydrazine groups is 1. The van der Waals surface area contributed by atoms with Crippen LogP contribution in [0.4, 0.5) is 0 Å². The summed E-state index contributed by atoms with van der Waals surface area (Å²) in [6, 6.07) is 16.5. The van der Waals surface area contributed by atoms with Crippen LogP contribution in [0, 0.1) is 0 Å². The fourth-order valence-electron chi connectivity index (χ4n) is 2.64. The van der Waals surface area contributed by atoms with Crippen molar-refractivity contribution in [1.82, 2.24) is 15.3 Å². The molecule has 0 atom stereocenters. The molecule has 130 valence electrons. The average Bonchev–Trinajstić information content (AvgIpc) is 2.63. The van der Waals surface area contributed by atoms with Crippen molar-refractivity contribution in [3.05, 3.63) is 60.2 Å². The van der Waals surface area contributed by atoms with Crippen molar-refractivity contribution in [3.8, 4) is 11.5 Å². The molecule has 6 heteroatoms. The summed E-state index contributed by atoms with van der Waals surface area (Å²) >= 11 is 0. The number of para-hydroxylation sites is 1. The van der Waals surface area contributed by atoms with Gasteiger partial charge in [0.15, 0.2) is 0 Å². The maximum atomic E-state index is 12.3. The molecule has 1 N–H and O–H groups in total. The van der Waals surface area contributed by atoms with Crippen LogP contribution >= 0.6 is 0 Å². The van der Waals surface area contributed by atoms with Gasteiger partial charge < -0.3 is 9.64 Å². The van der Waals surface area contributed by atoms with Crippen molar-refractivity contribution in [3.63, 3.8) is 0 Å². The topological polar surface area (TPSA) is 61.9 Å². The van der Waals surface area contributed by atoms with E-state index < -0.39 is 0 Å². The van der Waals surface area contributed by atoms with E-state index in [2.05, 4.69) is 5.43 Å². The van der Waals surface area contributed by atoms with E-state index in [-0.39, 0.29) is 11.8 Å². The Labute approximate surface area is 147 Å². The normalized spacial score (nSPS) is 14.8. The Bertz CT molecular complexity index is 723. The van der Waals surface area contributed by atoms with Crippen LogP contribution in [0.1, 0.15) is 17.3 Å². The fraction of sp³-hybridized carbons (Fsp3) is 0.263. The lowest BCUT2D eigenvalue weighted by atomic mass is 10.2. The molecule has 2 aromatic carbocycles. The van der Waals surface area contributed by atoms with Crippen LogP contribution in [-0.4, -0.2) is 47.9 Å². The Kier molecular flexibility index (Phi) is 5.30. The number of nitrogens with one attached hydrogen (secondary N) is 1. The van der Waals surface area contributed by atoms with Crippen molar-refractivity contribution >= 4 is 11.8 Å². The second-order valence-corrected chi connectivity index (χ2v) is 5.87. The first kappa shape index (κ1) is 17.0. The molecule has 0 saturated carbocycles. The summed E-state index contributed by atoms with van der Waals surface area (Å²) in [7, 11) is 0. The molecule has 3 rings (SSSR count). The summed E-state index contributed by atoms with van der Waals surface area (Å²) in [6.07, 6.45) is 0. The predicted octanol–water partition coefficient (Wildman–Crippen LogP) is 2.29. The number of hydrogen-bond acceptors (Lipinski definition) is 4.